The molecule has 0 radical (unpaired) electrons. The first-order valence-corrected chi connectivity index (χ1v) is 12.1. The Labute approximate surface area is 201 Å². The smallest absolute Gasteiger partial charge is 0.186 e. The fourth-order valence-corrected chi connectivity index (χ4v) is 6.23. The number of Topliss-reactive ketones (excluding diaryl/α,β-unsaturated/α-hetero) is 1. The zero-order valence-electron chi connectivity index (χ0n) is 18.1. The molecule has 4 nitrogen and oxygen atoms in total. The average Bonchev–Trinajstić information content (AvgIpc) is 3.53. The van der Waals surface area contributed by atoms with Gasteiger partial charge in [-0.25, -0.2) is 0 Å². The summed E-state index contributed by atoms with van der Waals surface area (Å²) in [6, 6.07) is 27.2. The quantitative estimate of drug-likeness (QED) is 0.344. The van der Waals surface area contributed by atoms with Gasteiger partial charge < -0.3 is 4.90 Å². The summed E-state index contributed by atoms with van der Waals surface area (Å²) in [6.45, 7) is 0. The van der Waals surface area contributed by atoms with Crippen LogP contribution < -0.4 is 4.90 Å². The Kier molecular flexibility index (Phi) is 4.62. The van der Waals surface area contributed by atoms with Crippen LogP contribution in [0.4, 0.5) is 5.69 Å². The minimum absolute atomic E-state index is 0.0677. The molecular weight excluding hydrogens is 438 g/mol. The third-order valence-corrected chi connectivity index (χ3v) is 7.79. The first-order valence-electron chi connectivity index (χ1n) is 11.1. The molecule has 34 heavy (non-hydrogen) atoms. The lowest BCUT2D eigenvalue weighted by molar-refractivity contribution is 0.0951. The fourth-order valence-electron chi connectivity index (χ4n) is 5.58. The van der Waals surface area contributed by atoms with E-state index >= 15 is 0 Å². The minimum atomic E-state index is -1.42. The van der Waals surface area contributed by atoms with Crippen molar-refractivity contribution >= 4 is 39.7 Å². The molecule has 2 aliphatic heterocycles. The summed E-state index contributed by atoms with van der Waals surface area (Å²) in [5.74, 6) is -0.676. The maximum absolute atomic E-state index is 14.1. The molecule has 5 heteroatoms. The van der Waals surface area contributed by atoms with E-state index < -0.39 is 23.4 Å². The summed E-state index contributed by atoms with van der Waals surface area (Å²) in [7, 11) is 0. The molecule has 0 bridgehead atoms. The van der Waals surface area contributed by atoms with E-state index in [0.717, 1.165) is 27.6 Å². The summed E-state index contributed by atoms with van der Waals surface area (Å²) in [5, 5.41) is 26.9. The molecule has 0 aliphatic carbocycles. The molecule has 1 fully saturated rings. The SMILES string of the molecule is N#CC1(C#N)C(c2ccccc2)C(C(=O)c2ccsc2)N2c3cc4ccccc4cc3C=CC21. The third kappa shape index (κ3) is 2.78. The molecule has 6 rings (SSSR count). The number of nitrogens with zero attached hydrogens (tertiary/aromatic N) is 3. The number of fused-ring (bicyclic) bond motifs is 4. The number of rotatable bonds is 3. The number of ketones is 1. The predicted molar refractivity (Wildman–Crippen MR) is 135 cm³/mol. The van der Waals surface area contributed by atoms with E-state index in [2.05, 4.69) is 30.3 Å². The van der Waals surface area contributed by atoms with Crippen LogP contribution in [-0.4, -0.2) is 17.9 Å². The molecule has 0 N–H and O–H groups in total. The van der Waals surface area contributed by atoms with Crippen LogP contribution in [-0.2, 0) is 0 Å². The van der Waals surface area contributed by atoms with Crippen LogP contribution in [0.25, 0.3) is 16.8 Å². The lowest BCUT2D eigenvalue weighted by Crippen LogP contribution is -2.44. The number of hydrogen-bond acceptors (Lipinski definition) is 5. The number of carbonyl (C=O) groups is 1. The highest BCUT2D eigenvalue weighted by Crippen LogP contribution is 2.55. The zero-order chi connectivity index (χ0) is 23.3. The van der Waals surface area contributed by atoms with Gasteiger partial charge in [-0.05, 0) is 45.5 Å². The van der Waals surface area contributed by atoms with Gasteiger partial charge in [0.25, 0.3) is 0 Å². The molecule has 2 aliphatic rings. The molecule has 4 aromatic rings. The normalized spacial score (nSPS) is 21.9. The highest BCUT2D eigenvalue weighted by Gasteiger charge is 2.63. The standard InChI is InChI=1S/C29H19N3OS/c30-17-29(18-31)25-11-10-22-14-20-8-4-5-9-21(20)15-24(22)32(25)27(28(33)23-12-13-34-16-23)26(29)19-6-2-1-3-7-19/h1-16,25-27H. The number of carbonyl (C=O) groups excluding carboxylic acids is 1. The Morgan fingerprint density at radius 3 is 2.32 bits per heavy atom. The highest BCUT2D eigenvalue weighted by molar-refractivity contribution is 7.08. The summed E-state index contributed by atoms with van der Waals surface area (Å²) in [4.78, 5) is 16.1. The maximum Gasteiger partial charge on any atom is 0.186 e. The Hall–Kier alpha value is -4.19. The van der Waals surface area contributed by atoms with Crippen molar-refractivity contribution < 1.29 is 4.79 Å². The van der Waals surface area contributed by atoms with Crippen molar-refractivity contribution in [2.45, 2.75) is 18.0 Å². The number of benzene rings is 3. The van der Waals surface area contributed by atoms with Crippen LogP contribution in [0.3, 0.4) is 0 Å². The van der Waals surface area contributed by atoms with E-state index in [9.17, 15) is 15.3 Å². The van der Waals surface area contributed by atoms with Gasteiger partial charge in [0.2, 0.25) is 0 Å². The first kappa shape index (κ1) is 20.4. The number of hydrogen-bond donors (Lipinski definition) is 0. The average molecular weight is 458 g/mol. The second kappa shape index (κ2) is 7.70. The van der Waals surface area contributed by atoms with Crippen molar-refractivity contribution in [1.29, 1.82) is 10.5 Å². The molecule has 162 valence electrons. The number of thiophene rings is 1. The Balaban J connectivity index is 1.65. The minimum Gasteiger partial charge on any atom is -0.351 e. The maximum atomic E-state index is 14.1. The summed E-state index contributed by atoms with van der Waals surface area (Å²) < 4.78 is 0. The fraction of sp³-hybridized carbons (Fsp3) is 0.138. The molecule has 3 heterocycles. The van der Waals surface area contributed by atoms with Crippen LogP contribution >= 0.6 is 11.3 Å². The van der Waals surface area contributed by atoms with Crippen molar-refractivity contribution in [1.82, 2.24) is 0 Å². The van der Waals surface area contributed by atoms with Crippen LogP contribution in [0.15, 0.2) is 89.6 Å². The van der Waals surface area contributed by atoms with E-state index in [4.69, 9.17) is 0 Å². The monoisotopic (exact) mass is 457 g/mol. The predicted octanol–water partition coefficient (Wildman–Crippen LogP) is 6.19. The van der Waals surface area contributed by atoms with Gasteiger partial charge in [-0.2, -0.15) is 21.9 Å². The van der Waals surface area contributed by atoms with Gasteiger partial charge in [0, 0.05) is 22.5 Å². The van der Waals surface area contributed by atoms with Gasteiger partial charge in [-0.15, -0.1) is 0 Å². The van der Waals surface area contributed by atoms with Gasteiger partial charge in [-0.3, -0.25) is 4.79 Å². The molecule has 3 aromatic carbocycles. The zero-order valence-corrected chi connectivity index (χ0v) is 18.9. The molecule has 0 saturated carbocycles. The first-order chi connectivity index (χ1) is 16.7. The van der Waals surface area contributed by atoms with E-state index in [0.29, 0.717) is 5.56 Å². The Morgan fingerprint density at radius 2 is 1.65 bits per heavy atom. The second-order valence-corrected chi connectivity index (χ2v) is 9.55. The van der Waals surface area contributed by atoms with Crippen LogP contribution in [0.1, 0.15) is 27.4 Å². The highest BCUT2D eigenvalue weighted by atomic mass is 32.1. The molecular formula is C29H19N3OS. The van der Waals surface area contributed by atoms with Crippen molar-refractivity contribution in [2.75, 3.05) is 4.90 Å². The van der Waals surface area contributed by atoms with Gasteiger partial charge in [0.05, 0.1) is 18.2 Å². The van der Waals surface area contributed by atoms with E-state index in [1.807, 2.05) is 82.4 Å². The van der Waals surface area contributed by atoms with E-state index in [1.165, 1.54) is 11.3 Å². The van der Waals surface area contributed by atoms with Crippen LogP contribution in [0, 0.1) is 28.1 Å². The Morgan fingerprint density at radius 1 is 0.941 bits per heavy atom. The van der Waals surface area contributed by atoms with Gasteiger partial charge in [0.1, 0.15) is 6.04 Å². The molecule has 3 atom stereocenters. The van der Waals surface area contributed by atoms with E-state index in [-0.39, 0.29) is 5.78 Å². The number of nitriles is 2. The van der Waals surface area contributed by atoms with Crippen molar-refractivity contribution in [3.05, 3.63) is 106 Å². The van der Waals surface area contributed by atoms with Crippen LogP contribution in [0.5, 0.6) is 0 Å². The molecule has 0 amide bonds. The largest absolute Gasteiger partial charge is 0.351 e. The van der Waals surface area contributed by atoms with Crippen LogP contribution in [0.2, 0.25) is 0 Å². The number of anilines is 1. The summed E-state index contributed by atoms with van der Waals surface area (Å²) >= 11 is 1.47. The van der Waals surface area contributed by atoms with Crippen molar-refractivity contribution in [3.63, 3.8) is 0 Å². The van der Waals surface area contributed by atoms with Crippen molar-refractivity contribution in [3.8, 4) is 12.1 Å². The Bertz CT molecular complexity index is 1510. The van der Waals surface area contributed by atoms with Gasteiger partial charge in [0.15, 0.2) is 11.2 Å². The molecule has 1 aromatic heterocycles. The molecule has 0 spiro atoms. The lowest BCUT2D eigenvalue weighted by atomic mass is 9.69. The topological polar surface area (TPSA) is 67.9 Å². The molecule has 1 saturated heterocycles. The third-order valence-electron chi connectivity index (χ3n) is 7.11. The van der Waals surface area contributed by atoms with Gasteiger partial charge in [-0.1, -0.05) is 66.7 Å². The second-order valence-electron chi connectivity index (χ2n) is 8.77. The lowest BCUT2D eigenvalue weighted by Gasteiger charge is -2.35. The van der Waals surface area contributed by atoms with E-state index in [1.54, 1.807) is 0 Å². The van der Waals surface area contributed by atoms with Gasteiger partial charge >= 0.3 is 0 Å². The summed E-state index contributed by atoms with van der Waals surface area (Å²) in [6.07, 6.45) is 3.92. The van der Waals surface area contributed by atoms with Crippen molar-refractivity contribution in [2.24, 2.45) is 5.41 Å². The summed E-state index contributed by atoms with van der Waals surface area (Å²) in [5.41, 5.74) is 1.88. The molecule has 3 unspecified atom stereocenters.